The second-order valence-electron chi connectivity index (χ2n) is 4.06. The predicted molar refractivity (Wildman–Crippen MR) is 54.8 cm³/mol. The normalized spacial score (nSPS) is 11.8. The van der Waals surface area contributed by atoms with Crippen LogP contribution in [0.2, 0.25) is 0 Å². The van der Waals surface area contributed by atoms with Crippen LogP contribution >= 0.6 is 0 Å². The molecule has 13 heavy (non-hydrogen) atoms. The van der Waals surface area contributed by atoms with Gasteiger partial charge in [0, 0.05) is 0 Å². The Kier molecular flexibility index (Phi) is 4.99. The van der Waals surface area contributed by atoms with Crippen LogP contribution in [0.3, 0.4) is 0 Å². The van der Waals surface area contributed by atoms with Crippen molar-refractivity contribution in [1.82, 2.24) is 5.43 Å². The molecule has 0 aromatic heterocycles. The van der Waals surface area contributed by atoms with Crippen LogP contribution in [0.15, 0.2) is 0 Å². The van der Waals surface area contributed by atoms with Gasteiger partial charge < -0.3 is 0 Å². The fourth-order valence-corrected chi connectivity index (χ4v) is 1.89. The minimum atomic E-state index is -0.261. The van der Waals surface area contributed by atoms with E-state index in [-0.39, 0.29) is 11.3 Å². The van der Waals surface area contributed by atoms with Gasteiger partial charge in [0.1, 0.15) is 0 Å². The Morgan fingerprint density at radius 3 is 2.08 bits per heavy atom. The molecule has 0 radical (unpaired) electrons. The third-order valence-corrected chi connectivity index (χ3v) is 2.77. The van der Waals surface area contributed by atoms with E-state index in [0.717, 1.165) is 19.3 Å². The molecule has 0 unspecified atom stereocenters. The van der Waals surface area contributed by atoms with Crippen LogP contribution in [0.1, 0.15) is 47.0 Å². The van der Waals surface area contributed by atoms with E-state index >= 15 is 0 Å². The fraction of sp³-hybridized carbons (Fsp3) is 0.900. The first-order chi connectivity index (χ1) is 6.02. The minimum Gasteiger partial charge on any atom is -0.294 e. The maximum absolute atomic E-state index is 11.6. The Labute approximate surface area is 81.0 Å². The summed E-state index contributed by atoms with van der Waals surface area (Å²) in [6.07, 6.45) is 2.61. The van der Waals surface area contributed by atoms with E-state index in [1.54, 1.807) is 0 Å². The Bertz CT molecular complexity index is 162. The van der Waals surface area contributed by atoms with Crippen molar-refractivity contribution in [2.45, 2.75) is 47.0 Å². The number of carbonyl (C=O) groups excluding carboxylic acids is 1. The second kappa shape index (κ2) is 5.22. The molecule has 0 aromatic carbocycles. The standard InChI is InChI=1S/C10H22N2O/c1-5-10(6-2,7-8(3)4)9(13)12-11/h8H,5-7,11H2,1-4H3,(H,12,13). The molecule has 0 saturated carbocycles. The molecule has 0 saturated heterocycles. The van der Waals surface area contributed by atoms with Crippen LogP contribution in [-0.4, -0.2) is 5.91 Å². The number of nitrogens with one attached hydrogen (secondary N) is 1. The molecule has 78 valence electrons. The Balaban J connectivity index is 4.58. The van der Waals surface area contributed by atoms with E-state index in [1.807, 2.05) is 13.8 Å². The molecule has 3 heteroatoms. The topological polar surface area (TPSA) is 55.1 Å². The van der Waals surface area contributed by atoms with E-state index < -0.39 is 0 Å². The number of hydrazine groups is 1. The molecule has 0 atom stereocenters. The van der Waals surface area contributed by atoms with Gasteiger partial charge in [-0.3, -0.25) is 10.2 Å². The van der Waals surface area contributed by atoms with Crippen LogP contribution in [-0.2, 0) is 4.79 Å². The first kappa shape index (κ1) is 12.4. The lowest BCUT2D eigenvalue weighted by atomic mass is 9.75. The van der Waals surface area contributed by atoms with Gasteiger partial charge in [-0.1, -0.05) is 27.7 Å². The SMILES string of the molecule is CCC(CC)(CC(C)C)C(=O)NN. The van der Waals surface area contributed by atoms with Crippen LogP contribution in [0.4, 0.5) is 0 Å². The van der Waals surface area contributed by atoms with Crippen LogP contribution < -0.4 is 11.3 Å². The molecule has 0 fully saturated rings. The predicted octanol–water partition coefficient (Wildman–Crippen LogP) is 1.83. The quantitative estimate of drug-likeness (QED) is 0.391. The molecule has 3 nitrogen and oxygen atoms in total. The Hall–Kier alpha value is -0.570. The monoisotopic (exact) mass is 186 g/mol. The molecule has 0 aliphatic heterocycles. The number of carbonyl (C=O) groups is 1. The molecule has 0 aliphatic carbocycles. The van der Waals surface area contributed by atoms with Gasteiger partial charge in [-0.05, 0) is 25.2 Å². The number of hydrogen-bond acceptors (Lipinski definition) is 2. The smallest absolute Gasteiger partial charge is 0.240 e. The van der Waals surface area contributed by atoms with E-state index in [9.17, 15) is 4.79 Å². The summed E-state index contributed by atoms with van der Waals surface area (Å²) < 4.78 is 0. The summed E-state index contributed by atoms with van der Waals surface area (Å²) in [5, 5.41) is 0. The van der Waals surface area contributed by atoms with Crippen LogP contribution in [0.5, 0.6) is 0 Å². The van der Waals surface area contributed by atoms with Gasteiger partial charge in [0.05, 0.1) is 5.41 Å². The zero-order valence-electron chi connectivity index (χ0n) is 9.18. The van der Waals surface area contributed by atoms with Gasteiger partial charge in [0.25, 0.3) is 0 Å². The summed E-state index contributed by atoms with van der Waals surface area (Å²) in [4.78, 5) is 11.6. The van der Waals surface area contributed by atoms with Crippen molar-refractivity contribution in [3.63, 3.8) is 0 Å². The molecule has 0 spiro atoms. The molecular formula is C10H22N2O. The molecule has 0 heterocycles. The van der Waals surface area contributed by atoms with Crippen molar-refractivity contribution in [2.24, 2.45) is 17.2 Å². The average molecular weight is 186 g/mol. The largest absolute Gasteiger partial charge is 0.294 e. The van der Waals surface area contributed by atoms with Crippen LogP contribution in [0.25, 0.3) is 0 Å². The molecule has 0 aromatic rings. The van der Waals surface area contributed by atoms with Crippen molar-refractivity contribution in [1.29, 1.82) is 0 Å². The maximum Gasteiger partial charge on any atom is 0.240 e. The molecule has 1 amide bonds. The second-order valence-corrected chi connectivity index (χ2v) is 4.06. The summed E-state index contributed by atoms with van der Waals surface area (Å²) in [6.45, 7) is 8.34. The van der Waals surface area contributed by atoms with Gasteiger partial charge >= 0.3 is 0 Å². The first-order valence-electron chi connectivity index (χ1n) is 5.03. The molecule has 0 rings (SSSR count). The van der Waals surface area contributed by atoms with E-state index in [2.05, 4.69) is 19.3 Å². The number of hydrogen-bond donors (Lipinski definition) is 2. The van der Waals surface area contributed by atoms with Gasteiger partial charge in [0.15, 0.2) is 0 Å². The third kappa shape index (κ3) is 2.99. The van der Waals surface area contributed by atoms with Gasteiger partial charge in [0.2, 0.25) is 5.91 Å². The van der Waals surface area contributed by atoms with E-state index in [4.69, 9.17) is 5.84 Å². The molecule has 3 N–H and O–H groups in total. The minimum absolute atomic E-state index is 0.0220. The van der Waals surface area contributed by atoms with Crippen molar-refractivity contribution in [3.8, 4) is 0 Å². The van der Waals surface area contributed by atoms with Crippen molar-refractivity contribution < 1.29 is 4.79 Å². The highest BCUT2D eigenvalue weighted by atomic mass is 16.2. The summed E-state index contributed by atoms with van der Waals surface area (Å²) in [7, 11) is 0. The number of nitrogens with two attached hydrogens (primary N) is 1. The summed E-state index contributed by atoms with van der Waals surface area (Å²) in [6, 6.07) is 0. The van der Waals surface area contributed by atoms with Gasteiger partial charge in [-0.25, -0.2) is 5.84 Å². The summed E-state index contributed by atoms with van der Waals surface area (Å²) in [5.74, 6) is 5.69. The lowest BCUT2D eigenvalue weighted by Gasteiger charge is -2.31. The lowest BCUT2D eigenvalue weighted by Crippen LogP contribution is -2.44. The van der Waals surface area contributed by atoms with Crippen molar-refractivity contribution >= 4 is 5.91 Å². The molecule has 0 aliphatic rings. The maximum atomic E-state index is 11.6. The first-order valence-corrected chi connectivity index (χ1v) is 5.03. The van der Waals surface area contributed by atoms with Gasteiger partial charge in [-0.15, -0.1) is 0 Å². The van der Waals surface area contributed by atoms with Crippen molar-refractivity contribution in [2.75, 3.05) is 0 Å². The summed E-state index contributed by atoms with van der Waals surface area (Å²) in [5.41, 5.74) is 2.01. The van der Waals surface area contributed by atoms with E-state index in [1.165, 1.54) is 0 Å². The highest BCUT2D eigenvalue weighted by molar-refractivity contribution is 5.81. The lowest BCUT2D eigenvalue weighted by molar-refractivity contribution is -0.132. The number of rotatable bonds is 5. The highest BCUT2D eigenvalue weighted by Crippen LogP contribution is 2.33. The highest BCUT2D eigenvalue weighted by Gasteiger charge is 2.34. The summed E-state index contributed by atoms with van der Waals surface area (Å²) >= 11 is 0. The Morgan fingerprint density at radius 1 is 1.38 bits per heavy atom. The molecular weight excluding hydrogens is 164 g/mol. The van der Waals surface area contributed by atoms with Crippen LogP contribution in [0, 0.1) is 11.3 Å². The van der Waals surface area contributed by atoms with E-state index in [0.29, 0.717) is 5.92 Å². The zero-order valence-corrected chi connectivity index (χ0v) is 9.18. The fourth-order valence-electron chi connectivity index (χ4n) is 1.89. The van der Waals surface area contributed by atoms with Gasteiger partial charge in [-0.2, -0.15) is 0 Å². The Morgan fingerprint density at radius 2 is 1.85 bits per heavy atom. The van der Waals surface area contributed by atoms with Crippen molar-refractivity contribution in [3.05, 3.63) is 0 Å². The molecule has 0 bridgehead atoms. The zero-order chi connectivity index (χ0) is 10.5. The third-order valence-electron chi connectivity index (χ3n) is 2.77. The average Bonchev–Trinajstić information content (AvgIpc) is 2.12. The number of amides is 1.